The van der Waals surface area contributed by atoms with Crippen molar-refractivity contribution in [1.29, 1.82) is 0 Å². The molecular formula is C16H31N3O2. The minimum Gasteiger partial charge on any atom is -0.468 e. The van der Waals surface area contributed by atoms with E-state index in [0.717, 1.165) is 25.4 Å². The first-order chi connectivity index (χ1) is 9.94. The van der Waals surface area contributed by atoms with Gasteiger partial charge in [-0.25, -0.2) is 0 Å². The highest BCUT2D eigenvalue weighted by Crippen LogP contribution is 2.25. The molecule has 0 amide bonds. The smallest absolute Gasteiger partial charge is 0.325 e. The van der Waals surface area contributed by atoms with Crippen molar-refractivity contribution in [1.82, 2.24) is 9.80 Å². The van der Waals surface area contributed by atoms with E-state index in [-0.39, 0.29) is 5.97 Å². The molecule has 2 aliphatic heterocycles. The van der Waals surface area contributed by atoms with Gasteiger partial charge in [0.05, 0.1) is 7.11 Å². The molecule has 2 saturated heterocycles. The average molecular weight is 297 g/mol. The number of hydrogen-bond donors (Lipinski definition) is 1. The lowest BCUT2D eigenvalue weighted by atomic mass is 9.96. The second-order valence-electron chi connectivity index (χ2n) is 7.00. The van der Waals surface area contributed by atoms with E-state index in [4.69, 9.17) is 10.5 Å². The number of hydrogen-bond acceptors (Lipinski definition) is 5. The molecule has 0 spiro atoms. The molecule has 0 aromatic rings. The summed E-state index contributed by atoms with van der Waals surface area (Å²) in [5.74, 6) is -0.310. The predicted molar refractivity (Wildman–Crippen MR) is 84.1 cm³/mol. The SMILES string of the molecule is COC(=O)C(C)(N)CCCCN1CC2CCCN2CC1C. The molecule has 0 saturated carbocycles. The molecule has 2 aliphatic rings. The predicted octanol–water partition coefficient (Wildman–Crippen LogP) is 1.22. The van der Waals surface area contributed by atoms with Crippen molar-refractivity contribution in [3.05, 3.63) is 0 Å². The van der Waals surface area contributed by atoms with Crippen LogP contribution in [-0.4, -0.2) is 66.7 Å². The normalized spacial score (nSPS) is 29.9. The summed E-state index contributed by atoms with van der Waals surface area (Å²) in [5.41, 5.74) is 5.15. The summed E-state index contributed by atoms with van der Waals surface area (Å²) in [6.07, 6.45) is 5.47. The minimum absolute atomic E-state index is 0.310. The van der Waals surface area contributed by atoms with E-state index in [9.17, 15) is 4.79 Å². The molecule has 0 bridgehead atoms. The maximum atomic E-state index is 11.5. The van der Waals surface area contributed by atoms with Gasteiger partial charge in [0.1, 0.15) is 5.54 Å². The molecule has 3 atom stereocenters. The number of esters is 1. The third-order valence-corrected chi connectivity index (χ3v) is 5.11. The van der Waals surface area contributed by atoms with Gasteiger partial charge in [-0.15, -0.1) is 0 Å². The second kappa shape index (κ2) is 7.07. The van der Waals surface area contributed by atoms with Crippen LogP contribution in [0, 0.1) is 0 Å². The number of nitrogens with two attached hydrogens (primary N) is 1. The fourth-order valence-electron chi connectivity index (χ4n) is 3.70. The number of carbonyl (C=O) groups excluding carboxylic acids is 1. The average Bonchev–Trinajstić information content (AvgIpc) is 2.89. The van der Waals surface area contributed by atoms with Crippen LogP contribution in [0.2, 0.25) is 0 Å². The number of rotatable bonds is 6. The van der Waals surface area contributed by atoms with Crippen LogP contribution in [0.15, 0.2) is 0 Å². The van der Waals surface area contributed by atoms with Gasteiger partial charge < -0.3 is 10.5 Å². The first kappa shape index (κ1) is 16.7. The summed E-state index contributed by atoms with van der Waals surface area (Å²) in [7, 11) is 1.40. The van der Waals surface area contributed by atoms with Crippen molar-refractivity contribution in [3.8, 4) is 0 Å². The van der Waals surface area contributed by atoms with E-state index in [1.807, 2.05) is 0 Å². The van der Waals surface area contributed by atoms with Crippen LogP contribution in [0.4, 0.5) is 0 Å². The Kier molecular flexibility index (Phi) is 5.63. The molecule has 3 unspecified atom stereocenters. The molecule has 5 nitrogen and oxygen atoms in total. The number of nitrogens with zero attached hydrogens (tertiary/aromatic N) is 2. The third-order valence-electron chi connectivity index (χ3n) is 5.11. The van der Waals surface area contributed by atoms with E-state index in [1.165, 1.54) is 39.6 Å². The monoisotopic (exact) mass is 297 g/mol. The zero-order valence-electron chi connectivity index (χ0n) is 13.8. The third kappa shape index (κ3) is 4.18. The standard InChI is InChI=1S/C16H31N3O2/c1-13-11-19-10-6-7-14(19)12-18(13)9-5-4-8-16(2,17)15(20)21-3/h13-14H,4-12,17H2,1-3H3. The van der Waals surface area contributed by atoms with Crippen LogP contribution in [0.3, 0.4) is 0 Å². The minimum atomic E-state index is -0.843. The number of carbonyl (C=O) groups is 1. The number of fused-ring (bicyclic) bond motifs is 1. The van der Waals surface area contributed by atoms with Crippen molar-refractivity contribution in [2.24, 2.45) is 5.73 Å². The highest BCUT2D eigenvalue weighted by Gasteiger charge is 2.34. The van der Waals surface area contributed by atoms with Gasteiger partial charge in [0.15, 0.2) is 0 Å². The van der Waals surface area contributed by atoms with Gasteiger partial charge in [-0.05, 0) is 59.0 Å². The van der Waals surface area contributed by atoms with E-state index < -0.39 is 5.54 Å². The van der Waals surface area contributed by atoms with Gasteiger partial charge in [-0.2, -0.15) is 0 Å². The highest BCUT2D eigenvalue weighted by molar-refractivity contribution is 5.79. The maximum Gasteiger partial charge on any atom is 0.325 e. The van der Waals surface area contributed by atoms with Gasteiger partial charge in [-0.3, -0.25) is 14.6 Å². The van der Waals surface area contributed by atoms with E-state index >= 15 is 0 Å². The van der Waals surface area contributed by atoms with Gasteiger partial charge in [0, 0.05) is 25.2 Å². The molecule has 5 heteroatoms. The van der Waals surface area contributed by atoms with Gasteiger partial charge in [0.25, 0.3) is 0 Å². The van der Waals surface area contributed by atoms with Crippen molar-refractivity contribution in [2.75, 3.05) is 33.3 Å². The quantitative estimate of drug-likeness (QED) is 0.590. The summed E-state index contributed by atoms with van der Waals surface area (Å²) in [4.78, 5) is 16.8. The summed E-state index contributed by atoms with van der Waals surface area (Å²) in [6.45, 7) is 8.91. The van der Waals surface area contributed by atoms with Crippen LogP contribution in [0.1, 0.15) is 46.0 Å². The lowest BCUT2D eigenvalue weighted by Gasteiger charge is -2.42. The zero-order valence-corrected chi connectivity index (χ0v) is 13.8. The summed E-state index contributed by atoms with van der Waals surface area (Å²) in [5, 5.41) is 0. The van der Waals surface area contributed by atoms with Crippen LogP contribution in [-0.2, 0) is 9.53 Å². The topological polar surface area (TPSA) is 58.8 Å². The second-order valence-corrected chi connectivity index (χ2v) is 7.00. The molecule has 2 fully saturated rings. The molecule has 0 radical (unpaired) electrons. The number of unbranched alkanes of at least 4 members (excludes halogenated alkanes) is 1. The Balaban J connectivity index is 1.70. The van der Waals surface area contributed by atoms with Crippen LogP contribution >= 0.6 is 0 Å². The van der Waals surface area contributed by atoms with Crippen molar-refractivity contribution >= 4 is 5.97 Å². The number of ether oxygens (including phenoxy) is 1. The largest absolute Gasteiger partial charge is 0.468 e. The molecule has 2 N–H and O–H groups in total. The van der Waals surface area contributed by atoms with Crippen molar-refractivity contribution < 1.29 is 9.53 Å². The molecule has 2 rings (SSSR count). The molecular weight excluding hydrogens is 266 g/mol. The van der Waals surface area contributed by atoms with Crippen LogP contribution < -0.4 is 5.73 Å². The molecule has 0 aromatic heterocycles. The van der Waals surface area contributed by atoms with Crippen molar-refractivity contribution in [2.45, 2.75) is 63.6 Å². The zero-order chi connectivity index (χ0) is 15.5. The van der Waals surface area contributed by atoms with Crippen LogP contribution in [0.5, 0.6) is 0 Å². The van der Waals surface area contributed by atoms with Crippen LogP contribution in [0.25, 0.3) is 0 Å². The number of piperazine rings is 1. The van der Waals surface area contributed by atoms with E-state index in [2.05, 4.69) is 16.7 Å². The molecule has 21 heavy (non-hydrogen) atoms. The Morgan fingerprint density at radius 3 is 2.86 bits per heavy atom. The fraction of sp³-hybridized carbons (Fsp3) is 0.938. The Hall–Kier alpha value is -0.650. The van der Waals surface area contributed by atoms with E-state index in [0.29, 0.717) is 12.5 Å². The Morgan fingerprint density at radius 1 is 1.38 bits per heavy atom. The Labute approximate surface area is 128 Å². The number of methoxy groups -OCH3 is 1. The van der Waals surface area contributed by atoms with Crippen molar-refractivity contribution in [3.63, 3.8) is 0 Å². The Bertz CT molecular complexity index is 359. The first-order valence-electron chi connectivity index (χ1n) is 8.29. The fourth-order valence-corrected chi connectivity index (χ4v) is 3.70. The Morgan fingerprint density at radius 2 is 2.14 bits per heavy atom. The lowest BCUT2D eigenvalue weighted by molar-refractivity contribution is -0.146. The summed E-state index contributed by atoms with van der Waals surface area (Å²) < 4.78 is 4.75. The molecule has 2 heterocycles. The van der Waals surface area contributed by atoms with E-state index in [1.54, 1.807) is 6.92 Å². The summed E-state index contributed by atoms with van der Waals surface area (Å²) >= 11 is 0. The lowest BCUT2D eigenvalue weighted by Crippen LogP contribution is -2.55. The molecule has 0 aliphatic carbocycles. The van der Waals surface area contributed by atoms with Gasteiger partial charge in [0.2, 0.25) is 0 Å². The summed E-state index contributed by atoms with van der Waals surface area (Å²) in [6, 6.07) is 1.42. The van der Waals surface area contributed by atoms with Gasteiger partial charge >= 0.3 is 5.97 Å². The highest BCUT2D eigenvalue weighted by atomic mass is 16.5. The van der Waals surface area contributed by atoms with Gasteiger partial charge in [-0.1, -0.05) is 0 Å². The maximum absolute atomic E-state index is 11.5. The molecule has 122 valence electrons. The molecule has 0 aromatic carbocycles. The first-order valence-corrected chi connectivity index (χ1v) is 8.29.